The first-order chi connectivity index (χ1) is 11.1. The lowest BCUT2D eigenvalue weighted by Crippen LogP contribution is -2.26. The molecule has 0 bridgehead atoms. The molecule has 1 heterocycles. The second-order valence-electron chi connectivity index (χ2n) is 5.49. The highest BCUT2D eigenvalue weighted by Gasteiger charge is 2.36. The van der Waals surface area contributed by atoms with Gasteiger partial charge in [0.15, 0.2) is 0 Å². The minimum absolute atomic E-state index is 0.0301. The molecule has 3 rings (SSSR count). The number of hydrogen-bond acceptors (Lipinski definition) is 3. The zero-order valence-electron chi connectivity index (χ0n) is 12.5. The first-order valence-corrected chi connectivity index (χ1v) is 7.44. The summed E-state index contributed by atoms with van der Waals surface area (Å²) in [7, 11) is 0. The van der Waals surface area contributed by atoms with E-state index in [1.165, 1.54) is 4.90 Å². The van der Waals surface area contributed by atoms with Gasteiger partial charge in [-0.2, -0.15) is 0 Å². The standard InChI is InChI=1S/C18H17NO4/c20-17-10-14(18(21)22)11-19(17)15-8-4-5-9-16(15)23-12-13-6-2-1-3-7-13/h1-9,14H,10-12H2,(H,21,22). The summed E-state index contributed by atoms with van der Waals surface area (Å²) in [6.07, 6.45) is 0.0301. The van der Waals surface area contributed by atoms with Gasteiger partial charge in [-0.05, 0) is 17.7 Å². The average Bonchev–Trinajstić information content (AvgIpc) is 2.96. The van der Waals surface area contributed by atoms with E-state index in [-0.39, 0.29) is 18.9 Å². The van der Waals surface area contributed by atoms with Crippen LogP contribution < -0.4 is 9.64 Å². The number of anilines is 1. The number of carboxylic acid groups (broad SMARTS) is 1. The summed E-state index contributed by atoms with van der Waals surface area (Å²) in [5.74, 6) is -1.21. The smallest absolute Gasteiger partial charge is 0.308 e. The molecule has 1 saturated heterocycles. The van der Waals surface area contributed by atoms with Crippen LogP contribution in [0, 0.1) is 5.92 Å². The van der Waals surface area contributed by atoms with Gasteiger partial charge >= 0.3 is 5.97 Å². The van der Waals surface area contributed by atoms with Crippen molar-refractivity contribution in [3.8, 4) is 5.75 Å². The van der Waals surface area contributed by atoms with Gasteiger partial charge in [-0.25, -0.2) is 0 Å². The van der Waals surface area contributed by atoms with E-state index in [0.29, 0.717) is 18.0 Å². The molecule has 1 N–H and O–H groups in total. The van der Waals surface area contributed by atoms with Crippen LogP contribution in [-0.4, -0.2) is 23.5 Å². The molecule has 2 aromatic carbocycles. The van der Waals surface area contributed by atoms with Crippen molar-refractivity contribution < 1.29 is 19.4 Å². The number of carboxylic acids is 1. The molecule has 0 saturated carbocycles. The lowest BCUT2D eigenvalue weighted by Gasteiger charge is -2.20. The average molecular weight is 311 g/mol. The van der Waals surface area contributed by atoms with Crippen molar-refractivity contribution in [3.63, 3.8) is 0 Å². The molecular formula is C18H17NO4. The predicted molar refractivity (Wildman–Crippen MR) is 85.3 cm³/mol. The Bertz CT molecular complexity index is 714. The molecule has 0 spiro atoms. The fourth-order valence-electron chi connectivity index (χ4n) is 2.64. The zero-order chi connectivity index (χ0) is 16.2. The van der Waals surface area contributed by atoms with E-state index >= 15 is 0 Å². The lowest BCUT2D eigenvalue weighted by atomic mass is 10.1. The number of ether oxygens (including phenoxy) is 1. The summed E-state index contributed by atoms with van der Waals surface area (Å²) in [5, 5.41) is 9.11. The number of nitrogens with zero attached hydrogens (tertiary/aromatic N) is 1. The number of rotatable bonds is 5. The minimum Gasteiger partial charge on any atom is -0.487 e. The largest absolute Gasteiger partial charge is 0.487 e. The summed E-state index contributed by atoms with van der Waals surface area (Å²) >= 11 is 0. The van der Waals surface area contributed by atoms with Gasteiger partial charge in [-0.3, -0.25) is 9.59 Å². The highest BCUT2D eigenvalue weighted by Crippen LogP contribution is 2.33. The number of benzene rings is 2. The Morgan fingerprint density at radius 1 is 1.13 bits per heavy atom. The highest BCUT2D eigenvalue weighted by molar-refractivity contribution is 6.00. The fourth-order valence-corrected chi connectivity index (χ4v) is 2.64. The van der Waals surface area contributed by atoms with Crippen LogP contribution in [0.25, 0.3) is 0 Å². The van der Waals surface area contributed by atoms with Crippen LogP contribution in [0.3, 0.4) is 0 Å². The van der Waals surface area contributed by atoms with Crippen LogP contribution in [0.1, 0.15) is 12.0 Å². The van der Waals surface area contributed by atoms with E-state index in [2.05, 4.69) is 0 Å². The summed E-state index contributed by atoms with van der Waals surface area (Å²) in [4.78, 5) is 24.7. The second kappa shape index (κ2) is 6.52. The van der Waals surface area contributed by atoms with Crippen molar-refractivity contribution in [3.05, 3.63) is 60.2 Å². The van der Waals surface area contributed by atoms with Gasteiger partial charge < -0.3 is 14.7 Å². The number of para-hydroxylation sites is 2. The van der Waals surface area contributed by atoms with Gasteiger partial charge in [0.05, 0.1) is 11.6 Å². The Kier molecular flexibility index (Phi) is 4.28. The molecule has 118 valence electrons. The van der Waals surface area contributed by atoms with Crippen LogP contribution in [0.15, 0.2) is 54.6 Å². The molecule has 0 aromatic heterocycles. The SMILES string of the molecule is O=C(O)C1CC(=O)N(c2ccccc2OCc2ccccc2)C1. The normalized spacial score (nSPS) is 17.3. The number of carbonyl (C=O) groups is 2. The van der Waals surface area contributed by atoms with Crippen molar-refractivity contribution >= 4 is 17.6 Å². The quantitative estimate of drug-likeness (QED) is 0.922. The Hall–Kier alpha value is -2.82. The van der Waals surface area contributed by atoms with Crippen LogP contribution in [0.4, 0.5) is 5.69 Å². The van der Waals surface area contributed by atoms with Gasteiger partial charge in [-0.1, -0.05) is 42.5 Å². The molecule has 1 aliphatic heterocycles. The van der Waals surface area contributed by atoms with E-state index in [1.807, 2.05) is 42.5 Å². The summed E-state index contributed by atoms with van der Waals surface area (Å²) < 4.78 is 5.84. The summed E-state index contributed by atoms with van der Waals surface area (Å²) in [6, 6.07) is 17.0. The third-order valence-electron chi connectivity index (χ3n) is 3.87. The first-order valence-electron chi connectivity index (χ1n) is 7.44. The van der Waals surface area contributed by atoms with Gasteiger partial charge in [0.1, 0.15) is 12.4 Å². The van der Waals surface area contributed by atoms with Crippen molar-refractivity contribution in [2.75, 3.05) is 11.4 Å². The van der Waals surface area contributed by atoms with E-state index in [1.54, 1.807) is 12.1 Å². The number of carbonyl (C=O) groups excluding carboxylic acids is 1. The number of amides is 1. The van der Waals surface area contributed by atoms with Crippen LogP contribution in [-0.2, 0) is 16.2 Å². The molecule has 1 aliphatic rings. The van der Waals surface area contributed by atoms with E-state index in [4.69, 9.17) is 9.84 Å². The molecule has 1 fully saturated rings. The molecule has 5 heteroatoms. The minimum atomic E-state index is -0.941. The van der Waals surface area contributed by atoms with Gasteiger partial charge in [-0.15, -0.1) is 0 Å². The van der Waals surface area contributed by atoms with Crippen LogP contribution in [0.2, 0.25) is 0 Å². The fraction of sp³-hybridized carbons (Fsp3) is 0.222. The summed E-state index contributed by atoms with van der Waals surface area (Å²) in [6.45, 7) is 0.572. The first kappa shape index (κ1) is 15.1. The second-order valence-corrected chi connectivity index (χ2v) is 5.49. The third-order valence-corrected chi connectivity index (χ3v) is 3.87. The molecule has 2 aromatic rings. The molecular weight excluding hydrogens is 294 g/mol. The van der Waals surface area contributed by atoms with Crippen molar-refractivity contribution in [2.45, 2.75) is 13.0 Å². The Balaban J connectivity index is 1.78. The topological polar surface area (TPSA) is 66.8 Å². The van der Waals surface area contributed by atoms with Crippen molar-refractivity contribution in [2.24, 2.45) is 5.92 Å². The lowest BCUT2D eigenvalue weighted by molar-refractivity contribution is -0.141. The van der Waals surface area contributed by atoms with Crippen LogP contribution >= 0.6 is 0 Å². The molecule has 1 atom stereocenters. The number of aliphatic carboxylic acids is 1. The third kappa shape index (κ3) is 3.34. The van der Waals surface area contributed by atoms with Gasteiger partial charge in [0.2, 0.25) is 5.91 Å². The Morgan fingerprint density at radius 2 is 1.83 bits per heavy atom. The molecule has 23 heavy (non-hydrogen) atoms. The molecule has 1 unspecified atom stereocenters. The molecule has 5 nitrogen and oxygen atoms in total. The van der Waals surface area contributed by atoms with Gasteiger partial charge in [0, 0.05) is 13.0 Å². The van der Waals surface area contributed by atoms with E-state index < -0.39 is 11.9 Å². The van der Waals surface area contributed by atoms with Crippen molar-refractivity contribution in [1.82, 2.24) is 0 Å². The van der Waals surface area contributed by atoms with Gasteiger partial charge in [0.25, 0.3) is 0 Å². The molecule has 1 amide bonds. The van der Waals surface area contributed by atoms with E-state index in [9.17, 15) is 9.59 Å². The van der Waals surface area contributed by atoms with Crippen LogP contribution in [0.5, 0.6) is 5.75 Å². The zero-order valence-corrected chi connectivity index (χ0v) is 12.5. The maximum Gasteiger partial charge on any atom is 0.308 e. The maximum absolute atomic E-state index is 12.1. The molecule has 0 aliphatic carbocycles. The highest BCUT2D eigenvalue weighted by atomic mass is 16.5. The Morgan fingerprint density at radius 3 is 2.52 bits per heavy atom. The Labute approximate surface area is 134 Å². The molecule has 0 radical (unpaired) electrons. The number of hydrogen-bond donors (Lipinski definition) is 1. The summed E-state index contributed by atoms with van der Waals surface area (Å²) in [5.41, 5.74) is 1.65. The monoisotopic (exact) mass is 311 g/mol. The predicted octanol–water partition coefficient (Wildman–Crippen LogP) is 2.70. The van der Waals surface area contributed by atoms with E-state index in [0.717, 1.165) is 5.56 Å². The maximum atomic E-state index is 12.1. The van der Waals surface area contributed by atoms with Crippen molar-refractivity contribution in [1.29, 1.82) is 0 Å².